The highest BCUT2D eigenvalue weighted by Gasteiger charge is 2.31. The first-order valence-electron chi connectivity index (χ1n) is 13.9. The molecule has 0 aliphatic heterocycles. The van der Waals surface area contributed by atoms with E-state index in [1.54, 1.807) is 23.1 Å². The van der Waals surface area contributed by atoms with Crippen molar-refractivity contribution in [3.8, 4) is 0 Å². The SMILES string of the molecule is CC[C@@H](C)NC(=O)[C@H](Cc1ccccc1)N(Cc1ccc(Cl)cc1)C(=O)CCCN(c1cccc(C)c1)S(C)(=O)=O. The van der Waals surface area contributed by atoms with E-state index < -0.39 is 16.1 Å². The van der Waals surface area contributed by atoms with Gasteiger partial charge in [0.1, 0.15) is 6.04 Å². The Morgan fingerprint density at radius 1 is 0.951 bits per heavy atom. The number of halogens is 1. The van der Waals surface area contributed by atoms with Crippen LogP contribution in [-0.4, -0.2) is 50.0 Å². The summed E-state index contributed by atoms with van der Waals surface area (Å²) in [6.07, 6.45) is 2.64. The van der Waals surface area contributed by atoms with Crippen molar-refractivity contribution in [3.05, 3.63) is 101 Å². The first-order valence-corrected chi connectivity index (χ1v) is 16.1. The Balaban J connectivity index is 1.89. The van der Waals surface area contributed by atoms with Crippen LogP contribution in [0.5, 0.6) is 0 Å². The van der Waals surface area contributed by atoms with Crippen molar-refractivity contribution in [2.24, 2.45) is 0 Å². The number of amides is 2. The predicted octanol–water partition coefficient (Wildman–Crippen LogP) is 5.75. The third-order valence-corrected chi connectivity index (χ3v) is 8.43. The molecule has 0 heterocycles. The largest absolute Gasteiger partial charge is 0.352 e. The molecule has 0 aromatic heterocycles. The molecule has 3 aromatic rings. The van der Waals surface area contributed by atoms with E-state index in [4.69, 9.17) is 11.6 Å². The number of nitrogens with one attached hydrogen (secondary N) is 1. The molecule has 41 heavy (non-hydrogen) atoms. The fraction of sp³-hybridized carbons (Fsp3) is 0.375. The van der Waals surface area contributed by atoms with E-state index >= 15 is 0 Å². The van der Waals surface area contributed by atoms with Gasteiger partial charge in [-0.25, -0.2) is 8.42 Å². The lowest BCUT2D eigenvalue weighted by atomic mass is 10.0. The van der Waals surface area contributed by atoms with Crippen molar-refractivity contribution in [1.29, 1.82) is 0 Å². The van der Waals surface area contributed by atoms with Crippen molar-refractivity contribution in [1.82, 2.24) is 10.2 Å². The maximum atomic E-state index is 13.9. The molecule has 7 nitrogen and oxygen atoms in total. The van der Waals surface area contributed by atoms with Crippen molar-refractivity contribution >= 4 is 39.1 Å². The minimum Gasteiger partial charge on any atom is -0.352 e. The molecule has 0 unspecified atom stereocenters. The predicted molar refractivity (Wildman–Crippen MR) is 166 cm³/mol. The van der Waals surface area contributed by atoms with E-state index in [1.165, 1.54) is 10.6 Å². The molecule has 0 fully saturated rings. The summed E-state index contributed by atoms with van der Waals surface area (Å²) in [5.74, 6) is -0.444. The van der Waals surface area contributed by atoms with Gasteiger partial charge in [-0.1, -0.05) is 73.1 Å². The van der Waals surface area contributed by atoms with Gasteiger partial charge in [0, 0.05) is 37.0 Å². The summed E-state index contributed by atoms with van der Waals surface area (Å²) in [6.45, 7) is 6.20. The number of benzene rings is 3. The molecule has 3 aromatic carbocycles. The maximum absolute atomic E-state index is 13.9. The molecule has 1 N–H and O–H groups in total. The standard InChI is InChI=1S/C32H40ClN3O4S/c1-5-25(3)34-32(38)30(22-26-12-7-6-8-13-26)35(23-27-16-18-28(33)19-17-27)31(37)15-10-20-36(41(4,39)40)29-14-9-11-24(2)21-29/h6-9,11-14,16-19,21,25,30H,5,10,15,20,22-23H2,1-4H3,(H,34,38)/t25-,30+/m1/s1. The molecule has 9 heteroatoms. The van der Waals surface area contributed by atoms with E-state index in [0.717, 1.165) is 23.1 Å². The molecule has 0 aliphatic rings. The van der Waals surface area contributed by atoms with E-state index in [1.807, 2.05) is 81.4 Å². The number of hydrogen-bond donors (Lipinski definition) is 1. The molecule has 0 bridgehead atoms. The molecule has 0 aliphatic carbocycles. The third kappa shape index (κ3) is 9.90. The summed E-state index contributed by atoms with van der Waals surface area (Å²) in [6, 6.07) is 23.3. The second-order valence-electron chi connectivity index (χ2n) is 10.4. The van der Waals surface area contributed by atoms with Gasteiger partial charge in [-0.3, -0.25) is 13.9 Å². The number of aryl methyl sites for hydroxylation is 1. The van der Waals surface area contributed by atoms with Gasteiger partial charge in [0.2, 0.25) is 21.8 Å². The number of hydrogen-bond acceptors (Lipinski definition) is 4. The molecule has 0 spiro atoms. The Labute approximate surface area is 249 Å². The van der Waals surface area contributed by atoms with Crippen LogP contribution in [-0.2, 0) is 32.6 Å². The molecule has 2 amide bonds. The minimum absolute atomic E-state index is 0.0501. The number of anilines is 1. The first-order chi connectivity index (χ1) is 19.5. The normalized spacial score (nSPS) is 12.8. The highest BCUT2D eigenvalue weighted by Crippen LogP contribution is 2.21. The lowest BCUT2D eigenvalue weighted by Gasteiger charge is -2.32. The number of nitrogens with zero attached hydrogens (tertiary/aromatic N) is 2. The van der Waals surface area contributed by atoms with Crippen LogP contribution >= 0.6 is 11.6 Å². The summed E-state index contributed by atoms with van der Waals surface area (Å²) in [5, 5.41) is 3.64. The Morgan fingerprint density at radius 3 is 2.24 bits per heavy atom. The summed E-state index contributed by atoms with van der Waals surface area (Å²) in [7, 11) is -3.56. The van der Waals surface area contributed by atoms with Crippen LogP contribution in [0.3, 0.4) is 0 Å². The molecule has 3 rings (SSSR count). The maximum Gasteiger partial charge on any atom is 0.243 e. The molecule has 2 atom stereocenters. The fourth-order valence-electron chi connectivity index (χ4n) is 4.57. The van der Waals surface area contributed by atoms with Gasteiger partial charge >= 0.3 is 0 Å². The van der Waals surface area contributed by atoms with Crippen LogP contribution in [0.4, 0.5) is 5.69 Å². The summed E-state index contributed by atoms with van der Waals surface area (Å²) >= 11 is 6.10. The molecular formula is C32H40ClN3O4S. The lowest BCUT2D eigenvalue weighted by molar-refractivity contribution is -0.141. The summed E-state index contributed by atoms with van der Waals surface area (Å²) in [5.41, 5.74) is 3.29. The second kappa shape index (κ2) is 15.0. The van der Waals surface area contributed by atoms with Crippen LogP contribution < -0.4 is 9.62 Å². The van der Waals surface area contributed by atoms with Crippen molar-refractivity contribution in [2.45, 2.75) is 65.1 Å². The average Bonchev–Trinajstić information content (AvgIpc) is 2.93. The van der Waals surface area contributed by atoms with Gasteiger partial charge in [-0.05, 0) is 67.6 Å². The van der Waals surface area contributed by atoms with Gasteiger partial charge < -0.3 is 10.2 Å². The van der Waals surface area contributed by atoms with Gasteiger partial charge in [-0.15, -0.1) is 0 Å². The van der Waals surface area contributed by atoms with Crippen LogP contribution in [0.2, 0.25) is 5.02 Å². The Bertz CT molecular complexity index is 1400. The zero-order chi connectivity index (χ0) is 30.0. The highest BCUT2D eigenvalue weighted by atomic mass is 35.5. The van der Waals surface area contributed by atoms with Crippen molar-refractivity contribution in [2.75, 3.05) is 17.1 Å². The van der Waals surface area contributed by atoms with E-state index in [-0.39, 0.29) is 37.4 Å². The lowest BCUT2D eigenvalue weighted by Crippen LogP contribution is -2.52. The van der Waals surface area contributed by atoms with Crippen LogP contribution in [0, 0.1) is 6.92 Å². The second-order valence-corrected chi connectivity index (χ2v) is 12.8. The van der Waals surface area contributed by atoms with E-state index in [0.29, 0.717) is 23.6 Å². The quantitative estimate of drug-likeness (QED) is 0.256. The van der Waals surface area contributed by atoms with Crippen molar-refractivity contribution in [3.63, 3.8) is 0 Å². The average molecular weight is 598 g/mol. The van der Waals surface area contributed by atoms with Gasteiger partial charge in [0.05, 0.1) is 11.9 Å². The first kappa shape index (κ1) is 32.2. The number of carbonyl (C=O) groups is 2. The fourth-order valence-corrected chi connectivity index (χ4v) is 5.65. The van der Waals surface area contributed by atoms with Gasteiger partial charge in [0.15, 0.2) is 0 Å². The van der Waals surface area contributed by atoms with E-state index in [9.17, 15) is 18.0 Å². The summed E-state index contributed by atoms with van der Waals surface area (Å²) in [4.78, 5) is 29.1. The summed E-state index contributed by atoms with van der Waals surface area (Å²) < 4.78 is 26.6. The van der Waals surface area contributed by atoms with Crippen LogP contribution in [0.25, 0.3) is 0 Å². The monoisotopic (exact) mass is 597 g/mol. The molecule has 0 saturated heterocycles. The Morgan fingerprint density at radius 2 is 1.63 bits per heavy atom. The van der Waals surface area contributed by atoms with Crippen LogP contribution in [0.1, 0.15) is 49.8 Å². The van der Waals surface area contributed by atoms with Crippen LogP contribution in [0.15, 0.2) is 78.9 Å². The van der Waals surface area contributed by atoms with E-state index in [2.05, 4.69) is 5.32 Å². The molecule has 0 radical (unpaired) electrons. The van der Waals surface area contributed by atoms with Gasteiger partial charge in [-0.2, -0.15) is 0 Å². The molecular weight excluding hydrogens is 558 g/mol. The minimum atomic E-state index is -3.56. The zero-order valence-electron chi connectivity index (χ0n) is 24.2. The smallest absolute Gasteiger partial charge is 0.243 e. The number of carbonyl (C=O) groups excluding carboxylic acids is 2. The topological polar surface area (TPSA) is 86.8 Å². The Hall–Kier alpha value is -3.36. The zero-order valence-corrected chi connectivity index (χ0v) is 25.8. The van der Waals surface area contributed by atoms with Crippen molar-refractivity contribution < 1.29 is 18.0 Å². The highest BCUT2D eigenvalue weighted by molar-refractivity contribution is 7.92. The number of rotatable bonds is 14. The number of sulfonamides is 1. The third-order valence-electron chi connectivity index (χ3n) is 6.98. The Kier molecular flexibility index (Phi) is 11.8. The molecule has 0 saturated carbocycles. The van der Waals surface area contributed by atoms with Gasteiger partial charge in [0.25, 0.3) is 0 Å². The molecule has 220 valence electrons.